The van der Waals surface area contributed by atoms with E-state index in [-0.39, 0.29) is 0 Å². The number of allylic oxidation sites excluding steroid dienone is 2. The van der Waals surface area contributed by atoms with Gasteiger partial charge in [-0.3, -0.25) is 5.43 Å². The number of benzene rings is 1. The van der Waals surface area contributed by atoms with Gasteiger partial charge in [-0.05, 0) is 32.1 Å². The van der Waals surface area contributed by atoms with Crippen LogP contribution in [0.1, 0.15) is 24.8 Å². The van der Waals surface area contributed by atoms with E-state index in [0.29, 0.717) is 5.92 Å². The molecule has 1 aromatic heterocycles. The normalized spacial score (nSPS) is 18.2. The van der Waals surface area contributed by atoms with Crippen LogP contribution in [0.2, 0.25) is 0 Å². The van der Waals surface area contributed by atoms with Gasteiger partial charge in [-0.25, -0.2) is 4.98 Å². The maximum Gasteiger partial charge on any atom is 0.203 e. The number of hydrazone groups is 1. The lowest BCUT2D eigenvalue weighted by Gasteiger charge is -2.11. The van der Waals surface area contributed by atoms with Crippen molar-refractivity contribution in [2.45, 2.75) is 26.2 Å². The van der Waals surface area contributed by atoms with Crippen LogP contribution in [0.5, 0.6) is 0 Å². The molecule has 1 aliphatic rings. The number of hydrogen-bond acceptors (Lipinski definition) is 4. The molecule has 108 valence electrons. The zero-order chi connectivity index (χ0) is 14.5. The summed E-state index contributed by atoms with van der Waals surface area (Å²) in [5.41, 5.74) is 6.45. The van der Waals surface area contributed by atoms with Crippen molar-refractivity contribution in [1.82, 2.24) is 4.98 Å². The lowest BCUT2D eigenvalue weighted by atomic mass is 9.96. The lowest BCUT2D eigenvalue weighted by molar-refractivity contribution is 0.627. The van der Waals surface area contributed by atoms with Crippen LogP contribution in [-0.2, 0) is 0 Å². The van der Waals surface area contributed by atoms with Gasteiger partial charge in [0.2, 0.25) is 5.13 Å². The zero-order valence-electron chi connectivity index (χ0n) is 12.1. The Morgan fingerprint density at radius 2 is 2.14 bits per heavy atom. The van der Waals surface area contributed by atoms with Gasteiger partial charge >= 0.3 is 0 Å². The first-order valence-electron chi connectivity index (χ1n) is 7.28. The fourth-order valence-corrected chi connectivity index (χ4v) is 3.00. The van der Waals surface area contributed by atoms with E-state index in [2.05, 4.69) is 64.2 Å². The van der Waals surface area contributed by atoms with Gasteiger partial charge in [0.1, 0.15) is 0 Å². The number of aromatic nitrogens is 1. The molecule has 0 spiro atoms. The van der Waals surface area contributed by atoms with E-state index in [1.54, 1.807) is 11.3 Å². The number of thiazole rings is 1. The maximum absolute atomic E-state index is 4.57. The predicted molar refractivity (Wildman–Crippen MR) is 90.9 cm³/mol. The summed E-state index contributed by atoms with van der Waals surface area (Å²) in [5.74, 6) is 0.555. The van der Waals surface area contributed by atoms with Crippen molar-refractivity contribution in [3.05, 3.63) is 47.4 Å². The standard InChI is InChI=1S/C17H19N3S/c1-13-7-9-15(10-8-13)16-12-21-17(19-16)20-18-11-14-5-3-2-4-6-14/h2-3,7-12,14H,4-6H2,1H3,(H,19,20). The molecule has 3 rings (SSSR count). The Morgan fingerprint density at radius 1 is 1.29 bits per heavy atom. The first-order chi connectivity index (χ1) is 10.3. The molecule has 1 aliphatic carbocycles. The molecule has 21 heavy (non-hydrogen) atoms. The van der Waals surface area contributed by atoms with Crippen LogP contribution in [0.25, 0.3) is 11.3 Å². The molecule has 1 unspecified atom stereocenters. The Bertz CT molecular complexity index is 640. The number of nitrogens with zero attached hydrogens (tertiary/aromatic N) is 2. The number of hydrogen-bond donors (Lipinski definition) is 1. The largest absolute Gasteiger partial charge is 0.253 e. The molecular formula is C17H19N3S. The molecule has 1 aromatic carbocycles. The number of nitrogens with one attached hydrogen (secondary N) is 1. The van der Waals surface area contributed by atoms with Crippen LogP contribution in [0.3, 0.4) is 0 Å². The minimum atomic E-state index is 0.555. The fraction of sp³-hybridized carbons (Fsp3) is 0.294. The van der Waals surface area contributed by atoms with E-state index in [0.717, 1.165) is 29.2 Å². The first kappa shape index (κ1) is 14.0. The van der Waals surface area contributed by atoms with Crippen LogP contribution in [-0.4, -0.2) is 11.2 Å². The first-order valence-corrected chi connectivity index (χ1v) is 8.16. The summed E-state index contributed by atoms with van der Waals surface area (Å²) < 4.78 is 0. The Balaban J connectivity index is 1.61. The van der Waals surface area contributed by atoms with Gasteiger partial charge < -0.3 is 0 Å². The number of anilines is 1. The molecule has 1 N–H and O–H groups in total. The maximum atomic E-state index is 4.57. The van der Waals surface area contributed by atoms with Crippen molar-refractivity contribution < 1.29 is 0 Å². The van der Waals surface area contributed by atoms with Gasteiger partial charge in [0, 0.05) is 17.2 Å². The smallest absolute Gasteiger partial charge is 0.203 e. The third kappa shape index (κ3) is 3.79. The van der Waals surface area contributed by atoms with E-state index >= 15 is 0 Å². The van der Waals surface area contributed by atoms with Crippen LogP contribution in [0.15, 0.2) is 46.9 Å². The van der Waals surface area contributed by atoms with E-state index in [1.807, 2.05) is 6.21 Å². The van der Waals surface area contributed by atoms with Crippen molar-refractivity contribution in [3.8, 4) is 11.3 Å². The second-order valence-corrected chi connectivity index (χ2v) is 6.20. The van der Waals surface area contributed by atoms with Crippen LogP contribution < -0.4 is 5.43 Å². The SMILES string of the molecule is Cc1ccc(-c2csc(NN=CC3CC=CCC3)n2)cc1. The molecule has 2 aromatic rings. The third-order valence-corrected chi connectivity index (χ3v) is 4.35. The third-order valence-electron chi connectivity index (χ3n) is 3.61. The minimum Gasteiger partial charge on any atom is -0.253 e. The van der Waals surface area contributed by atoms with E-state index < -0.39 is 0 Å². The van der Waals surface area contributed by atoms with Crippen LogP contribution in [0, 0.1) is 12.8 Å². The van der Waals surface area contributed by atoms with Gasteiger partial charge in [0.15, 0.2) is 0 Å². The average Bonchev–Trinajstić information content (AvgIpc) is 2.98. The van der Waals surface area contributed by atoms with E-state index in [1.165, 1.54) is 12.0 Å². The Hall–Kier alpha value is -1.94. The molecule has 0 saturated heterocycles. The summed E-state index contributed by atoms with van der Waals surface area (Å²) in [5, 5.41) is 7.23. The molecule has 3 nitrogen and oxygen atoms in total. The minimum absolute atomic E-state index is 0.555. The summed E-state index contributed by atoms with van der Waals surface area (Å²) in [6.45, 7) is 2.09. The highest BCUT2D eigenvalue weighted by Gasteiger charge is 2.07. The molecule has 1 atom stereocenters. The van der Waals surface area contributed by atoms with E-state index in [9.17, 15) is 0 Å². The molecule has 0 bridgehead atoms. The van der Waals surface area contributed by atoms with Gasteiger partial charge in [-0.2, -0.15) is 5.10 Å². The summed E-state index contributed by atoms with van der Waals surface area (Å²) in [4.78, 5) is 4.57. The quantitative estimate of drug-likeness (QED) is 0.496. The Kier molecular flexibility index (Phi) is 4.46. The molecule has 4 heteroatoms. The second kappa shape index (κ2) is 6.68. The molecule has 1 heterocycles. The zero-order valence-corrected chi connectivity index (χ0v) is 12.9. The summed E-state index contributed by atoms with van der Waals surface area (Å²) >= 11 is 1.59. The van der Waals surface area contributed by atoms with Gasteiger partial charge in [0.05, 0.1) is 5.69 Å². The van der Waals surface area contributed by atoms with Crippen molar-refractivity contribution in [2.75, 3.05) is 5.43 Å². The van der Waals surface area contributed by atoms with Crippen molar-refractivity contribution >= 4 is 22.7 Å². The molecule has 0 saturated carbocycles. The Morgan fingerprint density at radius 3 is 2.90 bits per heavy atom. The molecule has 0 fully saturated rings. The highest BCUT2D eigenvalue weighted by molar-refractivity contribution is 7.14. The highest BCUT2D eigenvalue weighted by Crippen LogP contribution is 2.25. The number of rotatable bonds is 4. The molecule has 0 aliphatic heterocycles. The molecule has 0 amide bonds. The fourth-order valence-electron chi connectivity index (χ4n) is 2.33. The van der Waals surface area contributed by atoms with Crippen molar-refractivity contribution in [3.63, 3.8) is 0 Å². The monoisotopic (exact) mass is 297 g/mol. The van der Waals surface area contributed by atoms with Gasteiger partial charge in [-0.1, -0.05) is 42.0 Å². The molecular weight excluding hydrogens is 278 g/mol. The van der Waals surface area contributed by atoms with Crippen LogP contribution >= 0.6 is 11.3 Å². The lowest BCUT2D eigenvalue weighted by Crippen LogP contribution is -2.04. The topological polar surface area (TPSA) is 37.3 Å². The van der Waals surface area contributed by atoms with Crippen LogP contribution in [0.4, 0.5) is 5.13 Å². The van der Waals surface area contributed by atoms with E-state index in [4.69, 9.17) is 0 Å². The summed E-state index contributed by atoms with van der Waals surface area (Å²) in [6, 6.07) is 8.42. The average molecular weight is 297 g/mol. The predicted octanol–water partition coefficient (Wildman–Crippen LogP) is 4.87. The van der Waals surface area contributed by atoms with Gasteiger partial charge in [0.25, 0.3) is 0 Å². The second-order valence-electron chi connectivity index (χ2n) is 5.34. The van der Waals surface area contributed by atoms with Gasteiger partial charge in [-0.15, -0.1) is 11.3 Å². The summed E-state index contributed by atoms with van der Waals surface area (Å²) in [6.07, 6.45) is 9.93. The molecule has 0 radical (unpaired) electrons. The highest BCUT2D eigenvalue weighted by atomic mass is 32.1. The number of aryl methyl sites for hydroxylation is 1. The van der Waals surface area contributed by atoms with Crippen molar-refractivity contribution in [2.24, 2.45) is 11.0 Å². The Labute approximate surface area is 129 Å². The van der Waals surface area contributed by atoms with Crippen molar-refractivity contribution in [1.29, 1.82) is 0 Å². The summed E-state index contributed by atoms with van der Waals surface area (Å²) in [7, 11) is 0.